The van der Waals surface area contributed by atoms with Crippen molar-refractivity contribution in [1.82, 2.24) is 25.5 Å². The van der Waals surface area contributed by atoms with Gasteiger partial charge in [-0.05, 0) is 0 Å². The van der Waals surface area contributed by atoms with Gasteiger partial charge in [0.2, 0.25) is 17.8 Å². The molecule has 2 aromatic rings. The zero-order valence-electron chi connectivity index (χ0n) is 13.0. The van der Waals surface area contributed by atoms with Gasteiger partial charge in [-0.2, -0.15) is 0 Å². The molecule has 2 atom stereocenters. The molecule has 11 heteroatoms. The van der Waals surface area contributed by atoms with Crippen LogP contribution >= 0.6 is 0 Å². The first-order valence-electron chi connectivity index (χ1n) is 7.52. The normalized spacial score (nSPS) is 17.8. The summed E-state index contributed by atoms with van der Waals surface area (Å²) in [5.74, 6) is -0.863. The number of aromatic nitrogens is 4. The summed E-state index contributed by atoms with van der Waals surface area (Å²) in [6, 6.07) is -1.48. The van der Waals surface area contributed by atoms with Crippen molar-refractivity contribution < 1.29 is 24.1 Å². The first kappa shape index (κ1) is 16.5. The minimum atomic E-state index is -0.882. The number of amides is 2. The van der Waals surface area contributed by atoms with Crippen LogP contribution in [0.15, 0.2) is 23.0 Å². The fraction of sp³-hybridized carbons (Fsp3) is 0.357. The third kappa shape index (κ3) is 3.94. The molecule has 3 rings (SSSR count). The van der Waals surface area contributed by atoms with Crippen LogP contribution in [0.5, 0.6) is 0 Å². The van der Waals surface area contributed by atoms with Crippen LogP contribution in [0.3, 0.4) is 0 Å². The highest BCUT2D eigenvalue weighted by Crippen LogP contribution is 2.20. The van der Waals surface area contributed by atoms with Crippen molar-refractivity contribution >= 4 is 17.7 Å². The van der Waals surface area contributed by atoms with Gasteiger partial charge in [-0.3, -0.25) is 14.6 Å². The molecule has 0 bridgehead atoms. The molecule has 0 saturated heterocycles. The summed E-state index contributed by atoms with van der Waals surface area (Å²) in [6.45, 7) is 0. The molecule has 0 saturated carbocycles. The Morgan fingerprint density at radius 1 is 1.44 bits per heavy atom. The van der Waals surface area contributed by atoms with E-state index in [0.717, 1.165) is 0 Å². The van der Waals surface area contributed by atoms with Gasteiger partial charge in [0.1, 0.15) is 11.7 Å². The molecule has 1 aliphatic heterocycles. The summed E-state index contributed by atoms with van der Waals surface area (Å²) in [4.78, 5) is 34.2. The van der Waals surface area contributed by atoms with Crippen LogP contribution < -0.4 is 16.0 Å². The topological polar surface area (TPSA) is 171 Å². The summed E-state index contributed by atoms with van der Waals surface area (Å²) < 4.78 is 5.50. The molecule has 11 nitrogen and oxygen atoms in total. The maximum Gasteiger partial charge on any atom is 0.333 e. The number of nitrogens with one attached hydrogen (secondary N) is 2. The van der Waals surface area contributed by atoms with Gasteiger partial charge >= 0.3 is 5.90 Å². The van der Waals surface area contributed by atoms with E-state index >= 15 is 0 Å². The Balaban J connectivity index is 1.78. The van der Waals surface area contributed by atoms with E-state index in [1.807, 2.05) is 0 Å². The van der Waals surface area contributed by atoms with Crippen molar-refractivity contribution in [3.63, 3.8) is 0 Å². The van der Waals surface area contributed by atoms with Crippen LogP contribution in [0, 0.1) is 0 Å². The van der Waals surface area contributed by atoms with E-state index in [0.29, 0.717) is 18.5 Å². The minimum Gasteiger partial charge on any atom is -0.464 e. The second-order valence-electron chi connectivity index (χ2n) is 5.45. The van der Waals surface area contributed by atoms with Crippen molar-refractivity contribution in [1.29, 1.82) is 0 Å². The van der Waals surface area contributed by atoms with Crippen molar-refractivity contribution in [3.05, 3.63) is 24.5 Å². The van der Waals surface area contributed by atoms with Crippen molar-refractivity contribution in [2.24, 2.45) is 5.73 Å². The fourth-order valence-electron chi connectivity index (χ4n) is 2.39. The van der Waals surface area contributed by atoms with E-state index in [9.17, 15) is 14.7 Å². The number of hydrogen-bond acceptors (Lipinski definition) is 7. The monoisotopic (exact) mass is 346 g/mol. The maximum absolute atomic E-state index is 12.3. The zero-order valence-corrected chi connectivity index (χ0v) is 13.0. The Morgan fingerprint density at radius 2 is 2.28 bits per heavy atom. The molecular weight excluding hydrogens is 330 g/mol. The molecule has 0 aliphatic carbocycles. The number of aliphatic hydroxyl groups excluding tert-OH is 1. The molecule has 130 valence electrons. The lowest BCUT2D eigenvalue weighted by Gasteiger charge is -2.13. The fourth-order valence-corrected chi connectivity index (χ4v) is 2.39. The van der Waals surface area contributed by atoms with Gasteiger partial charge in [0, 0.05) is 18.8 Å². The third-order valence-electron chi connectivity index (χ3n) is 3.57. The largest absolute Gasteiger partial charge is 0.464 e. The summed E-state index contributed by atoms with van der Waals surface area (Å²) in [6.07, 6.45) is 5.02. The summed E-state index contributed by atoms with van der Waals surface area (Å²) >= 11 is 0. The van der Waals surface area contributed by atoms with Crippen LogP contribution in [0.2, 0.25) is 0 Å². The molecule has 3 heterocycles. The Labute approximate surface area is 141 Å². The number of primary amides is 1. The Morgan fingerprint density at radius 3 is 2.92 bits per heavy atom. The predicted octanol–water partition coefficient (Wildman–Crippen LogP) is -2.24. The van der Waals surface area contributed by atoms with Gasteiger partial charge in [0.05, 0.1) is 19.0 Å². The van der Waals surface area contributed by atoms with E-state index in [4.69, 9.17) is 10.2 Å². The highest BCUT2D eigenvalue weighted by Gasteiger charge is 2.34. The van der Waals surface area contributed by atoms with E-state index in [1.54, 1.807) is 0 Å². The lowest BCUT2D eigenvalue weighted by molar-refractivity contribution is -0.485. The maximum atomic E-state index is 12.3. The standard InChI is InChI=1S/C14H15N7O4/c15-10(22)5-8(19-12(24)7-1-2-11(23)18-7)13-20-21-14(25-13)9-6-16-3-4-17-9/h3-4,6-8H,1-2,5H2,(H2,15,22)(H,18,23)(H,19,24)/p+1/t7-,8-/m0/s1. The van der Waals surface area contributed by atoms with Gasteiger partial charge in [-0.1, -0.05) is 0 Å². The van der Waals surface area contributed by atoms with Gasteiger partial charge in [0.25, 0.3) is 11.8 Å². The molecule has 0 aromatic carbocycles. The predicted molar refractivity (Wildman–Crippen MR) is 81.6 cm³/mol. The van der Waals surface area contributed by atoms with Gasteiger partial charge < -0.3 is 20.6 Å². The molecule has 0 fully saturated rings. The second-order valence-corrected chi connectivity index (χ2v) is 5.45. The second kappa shape index (κ2) is 7.03. The first-order valence-corrected chi connectivity index (χ1v) is 7.52. The van der Waals surface area contributed by atoms with E-state index < -0.39 is 23.9 Å². The van der Waals surface area contributed by atoms with Gasteiger partial charge in [-0.15, -0.1) is 10.2 Å². The Bertz CT molecular complexity index is 805. The van der Waals surface area contributed by atoms with Gasteiger partial charge in [0.15, 0.2) is 0 Å². The summed E-state index contributed by atoms with van der Waals surface area (Å²) in [7, 11) is 0. The number of nitrogens with two attached hydrogens (primary N) is 1. The van der Waals surface area contributed by atoms with E-state index in [2.05, 4.69) is 30.5 Å². The van der Waals surface area contributed by atoms with Crippen LogP contribution in [-0.2, 0) is 9.59 Å². The van der Waals surface area contributed by atoms with Crippen LogP contribution in [0.1, 0.15) is 31.2 Å². The molecule has 1 aliphatic rings. The lowest BCUT2D eigenvalue weighted by atomic mass is 10.1. The van der Waals surface area contributed by atoms with Crippen LogP contribution in [-0.4, -0.2) is 49.0 Å². The van der Waals surface area contributed by atoms with Crippen LogP contribution in [0.25, 0.3) is 11.6 Å². The molecule has 5 N–H and O–H groups in total. The highest BCUT2D eigenvalue weighted by atomic mass is 16.4. The molecule has 0 radical (unpaired) electrons. The number of aliphatic hydroxyl groups is 1. The number of hydrogen-bond donors (Lipinski definition) is 4. The average molecular weight is 346 g/mol. The van der Waals surface area contributed by atoms with E-state index in [1.165, 1.54) is 18.6 Å². The van der Waals surface area contributed by atoms with Crippen molar-refractivity contribution in [2.75, 3.05) is 0 Å². The zero-order chi connectivity index (χ0) is 17.8. The molecule has 25 heavy (non-hydrogen) atoms. The summed E-state index contributed by atoms with van der Waals surface area (Å²) in [5.41, 5.74) is 5.60. The molecular formula is C14H16N7O4+. The Kier molecular flexibility index (Phi) is 4.64. The Hall–Kier alpha value is -3.37. The van der Waals surface area contributed by atoms with Gasteiger partial charge in [-0.25, -0.2) is 9.98 Å². The van der Waals surface area contributed by atoms with Crippen molar-refractivity contribution in [3.8, 4) is 11.6 Å². The molecule has 0 unspecified atom stereocenters. The number of nitrogens with zero attached hydrogens (tertiary/aromatic N) is 4. The smallest absolute Gasteiger partial charge is 0.333 e. The quantitative estimate of drug-likeness (QED) is 0.454. The average Bonchev–Trinajstić information content (AvgIpc) is 3.24. The third-order valence-corrected chi connectivity index (χ3v) is 3.57. The highest BCUT2D eigenvalue weighted by molar-refractivity contribution is 5.84. The number of carbonyl (C=O) groups is 2. The molecule has 2 aromatic heterocycles. The SMILES string of the molecule is NC(=O)C[C@H](NC(=O)[C@@H]1CCC(O)=[NH+]1)c1nnc(-c2cnccn2)o1. The summed E-state index contributed by atoms with van der Waals surface area (Å²) in [5, 5.41) is 19.7. The lowest BCUT2D eigenvalue weighted by Crippen LogP contribution is -2.79. The molecule has 0 spiro atoms. The minimum absolute atomic E-state index is 0.0269. The number of carbonyl (C=O) groups excluding carboxylic acids is 2. The number of rotatable bonds is 6. The molecule has 2 amide bonds. The first-order chi connectivity index (χ1) is 12.0. The van der Waals surface area contributed by atoms with E-state index in [-0.39, 0.29) is 24.1 Å². The van der Waals surface area contributed by atoms with Crippen molar-refractivity contribution in [2.45, 2.75) is 31.3 Å². The van der Waals surface area contributed by atoms with Crippen LogP contribution in [0.4, 0.5) is 0 Å².